The molecule has 0 aromatic carbocycles. The maximum Gasteiger partial charge on any atom is 0.418 e. The Morgan fingerprint density at radius 2 is 1.94 bits per heavy atom. The zero-order valence-electron chi connectivity index (χ0n) is 7.49. The molecule has 1 aromatic rings. The van der Waals surface area contributed by atoms with Crippen LogP contribution in [0.3, 0.4) is 0 Å². The molecule has 1 aromatic heterocycles. The molecule has 0 aliphatic carbocycles. The average Bonchev–Trinajstić information content (AvgIpc) is 2.16. The van der Waals surface area contributed by atoms with Crippen LogP contribution in [0.4, 0.5) is 13.2 Å². The SMILES string of the molecule is O=CC(O)(O)c1ncc(Br)cc1C(F)(F)F. The maximum absolute atomic E-state index is 12.5. The van der Waals surface area contributed by atoms with Crippen molar-refractivity contribution in [3.05, 3.63) is 28.0 Å². The van der Waals surface area contributed by atoms with Crippen molar-refractivity contribution in [2.45, 2.75) is 12.0 Å². The molecule has 0 atom stereocenters. The van der Waals surface area contributed by atoms with Crippen molar-refractivity contribution in [1.29, 1.82) is 0 Å². The predicted molar refractivity (Wildman–Crippen MR) is 49.1 cm³/mol. The Morgan fingerprint density at radius 1 is 1.38 bits per heavy atom. The van der Waals surface area contributed by atoms with E-state index in [0.717, 1.165) is 6.20 Å². The van der Waals surface area contributed by atoms with Crippen molar-refractivity contribution < 1.29 is 28.2 Å². The Hall–Kier alpha value is -0.990. The van der Waals surface area contributed by atoms with E-state index in [2.05, 4.69) is 20.9 Å². The molecule has 0 bridgehead atoms. The van der Waals surface area contributed by atoms with E-state index in [1.165, 1.54) is 0 Å². The first kappa shape index (κ1) is 13.1. The first-order valence-corrected chi connectivity index (χ1v) is 4.62. The smallest absolute Gasteiger partial charge is 0.355 e. The molecule has 0 unspecified atom stereocenters. The largest absolute Gasteiger partial charge is 0.418 e. The molecule has 0 radical (unpaired) electrons. The van der Waals surface area contributed by atoms with E-state index in [1.54, 1.807) is 0 Å². The highest BCUT2D eigenvalue weighted by molar-refractivity contribution is 9.10. The standard InChI is InChI=1S/C8H5BrF3NO3/c9-4-1-5(8(10,11)12)6(13-2-4)7(15,16)3-14/h1-3,15-16H. The molecular weight excluding hydrogens is 295 g/mol. The Kier molecular flexibility index (Phi) is 3.36. The van der Waals surface area contributed by atoms with E-state index in [4.69, 9.17) is 10.2 Å². The van der Waals surface area contributed by atoms with Crippen LogP contribution in [0.1, 0.15) is 11.3 Å². The number of aldehydes is 1. The molecule has 0 amide bonds. The van der Waals surface area contributed by atoms with Gasteiger partial charge in [0.05, 0.1) is 5.56 Å². The van der Waals surface area contributed by atoms with Crippen LogP contribution in [0.2, 0.25) is 0 Å². The van der Waals surface area contributed by atoms with Gasteiger partial charge >= 0.3 is 6.18 Å². The highest BCUT2D eigenvalue weighted by Crippen LogP contribution is 2.35. The summed E-state index contributed by atoms with van der Waals surface area (Å²) in [5.41, 5.74) is -2.54. The number of halogens is 4. The maximum atomic E-state index is 12.5. The third-order valence-electron chi connectivity index (χ3n) is 1.67. The molecule has 8 heteroatoms. The molecule has 0 saturated heterocycles. The monoisotopic (exact) mass is 299 g/mol. The highest BCUT2D eigenvalue weighted by Gasteiger charge is 2.41. The summed E-state index contributed by atoms with van der Waals surface area (Å²) in [5, 5.41) is 18.1. The lowest BCUT2D eigenvalue weighted by Gasteiger charge is -2.19. The molecule has 0 saturated carbocycles. The minimum Gasteiger partial charge on any atom is -0.355 e. The lowest BCUT2D eigenvalue weighted by atomic mass is 10.1. The molecule has 88 valence electrons. The predicted octanol–water partition coefficient (Wildman–Crippen LogP) is 1.20. The number of carbonyl (C=O) groups excluding carboxylic acids is 1. The number of alkyl halides is 3. The molecule has 0 spiro atoms. The number of rotatable bonds is 2. The summed E-state index contributed by atoms with van der Waals surface area (Å²) in [6.07, 6.45) is -4.35. The molecular formula is C8H5BrF3NO3. The molecule has 2 N–H and O–H groups in total. The van der Waals surface area contributed by atoms with Gasteiger partial charge in [0.15, 0.2) is 6.29 Å². The summed E-state index contributed by atoms with van der Waals surface area (Å²) < 4.78 is 37.5. The van der Waals surface area contributed by atoms with E-state index in [9.17, 15) is 18.0 Å². The molecule has 1 heterocycles. The summed E-state index contributed by atoms with van der Waals surface area (Å²) >= 11 is 2.76. The van der Waals surface area contributed by atoms with Crippen molar-refractivity contribution in [3.63, 3.8) is 0 Å². The Labute approximate surface area is 95.9 Å². The molecule has 4 nitrogen and oxygen atoms in total. The first-order valence-electron chi connectivity index (χ1n) is 3.83. The zero-order valence-corrected chi connectivity index (χ0v) is 9.08. The number of aromatic nitrogens is 1. The van der Waals surface area contributed by atoms with Crippen molar-refractivity contribution in [2.24, 2.45) is 0 Å². The Balaban J connectivity index is 3.46. The zero-order chi connectivity index (χ0) is 12.6. The van der Waals surface area contributed by atoms with Gasteiger partial charge < -0.3 is 10.2 Å². The van der Waals surface area contributed by atoms with Gasteiger partial charge in [-0.1, -0.05) is 0 Å². The molecule has 0 fully saturated rings. The van der Waals surface area contributed by atoms with Crippen LogP contribution in [0.15, 0.2) is 16.7 Å². The van der Waals surface area contributed by atoms with Crippen LogP contribution in [0.5, 0.6) is 0 Å². The van der Waals surface area contributed by atoms with Crippen LogP contribution in [-0.4, -0.2) is 21.5 Å². The van der Waals surface area contributed by atoms with Crippen molar-refractivity contribution in [3.8, 4) is 0 Å². The van der Waals surface area contributed by atoms with E-state index >= 15 is 0 Å². The van der Waals surface area contributed by atoms with E-state index in [1.807, 2.05) is 0 Å². The topological polar surface area (TPSA) is 70.4 Å². The fourth-order valence-corrected chi connectivity index (χ4v) is 1.34. The molecule has 1 rings (SSSR count). The van der Waals surface area contributed by atoms with Gasteiger partial charge in [-0.2, -0.15) is 13.2 Å². The van der Waals surface area contributed by atoms with Gasteiger partial charge in [-0.05, 0) is 22.0 Å². The number of hydrogen-bond donors (Lipinski definition) is 2. The normalized spacial score (nSPS) is 12.6. The van der Waals surface area contributed by atoms with Gasteiger partial charge in [-0.3, -0.25) is 9.78 Å². The molecule has 0 aliphatic rings. The third kappa shape index (κ3) is 2.57. The fraction of sp³-hybridized carbons (Fsp3) is 0.250. The Bertz CT molecular complexity index is 419. The second kappa shape index (κ2) is 4.11. The van der Waals surface area contributed by atoms with Crippen molar-refractivity contribution in [1.82, 2.24) is 4.98 Å². The number of nitrogens with zero attached hydrogens (tertiary/aromatic N) is 1. The number of aliphatic hydroxyl groups is 2. The van der Waals surface area contributed by atoms with Crippen LogP contribution >= 0.6 is 15.9 Å². The highest BCUT2D eigenvalue weighted by atomic mass is 79.9. The lowest BCUT2D eigenvalue weighted by Crippen LogP contribution is -2.31. The fourth-order valence-electron chi connectivity index (χ4n) is 1.00. The van der Waals surface area contributed by atoms with E-state index in [-0.39, 0.29) is 4.47 Å². The summed E-state index contributed by atoms with van der Waals surface area (Å²) in [6.45, 7) is 0. The average molecular weight is 300 g/mol. The lowest BCUT2D eigenvalue weighted by molar-refractivity contribution is -0.181. The quantitative estimate of drug-likeness (QED) is 0.636. The number of hydrogen-bond acceptors (Lipinski definition) is 4. The van der Waals surface area contributed by atoms with Gasteiger partial charge in [0, 0.05) is 10.7 Å². The van der Waals surface area contributed by atoms with Gasteiger partial charge in [0.1, 0.15) is 5.69 Å². The minimum absolute atomic E-state index is 0.00488. The summed E-state index contributed by atoms with van der Waals surface area (Å²) in [7, 11) is 0. The second-order valence-corrected chi connectivity index (χ2v) is 3.81. The van der Waals surface area contributed by atoms with Gasteiger partial charge in [-0.15, -0.1) is 0 Å². The van der Waals surface area contributed by atoms with E-state index < -0.39 is 29.5 Å². The van der Waals surface area contributed by atoms with Crippen molar-refractivity contribution >= 4 is 22.2 Å². The summed E-state index contributed by atoms with van der Waals surface area (Å²) in [5.74, 6) is -3.26. The second-order valence-electron chi connectivity index (χ2n) is 2.89. The van der Waals surface area contributed by atoms with E-state index in [0.29, 0.717) is 6.07 Å². The van der Waals surface area contributed by atoms with Gasteiger partial charge in [0.25, 0.3) is 5.79 Å². The van der Waals surface area contributed by atoms with Crippen LogP contribution in [-0.2, 0) is 16.8 Å². The van der Waals surface area contributed by atoms with Crippen LogP contribution in [0.25, 0.3) is 0 Å². The third-order valence-corrected chi connectivity index (χ3v) is 2.11. The first-order chi connectivity index (χ1) is 7.18. The van der Waals surface area contributed by atoms with Crippen molar-refractivity contribution in [2.75, 3.05) is 0 Å². The van der Waals surface area contributed by atoms with Gasteiger partial charge in [-0.25, -0.2) is 0 Å². The van der Waals surface area contributed by atoms with Crippen LogP contribution in [0, 0.1) is 0 Å². The molecule has 0 aliphatic heterocycles. The number of pyridine rings is 1. The minimum atomic E-state index is -4.84. The summed E-state index contributed by atoms with van der Waals surface area (Å²) in [4.78, 5) is 13.5. The van der Waals surface area contributed by atoms with Gasteiger partial charge in [0.2, 0.25) is 0 Å². The van der Waals surface area contributed by atoms with Crippen LogP contribution < -0.4 is 0 Å². The molecule has 16 heavy (non-hydrogen) atoms. The number of carbonyl (C=O) groups is 1. The summed E-state index contributed by atoms with van der Waals surface area (Å²) in [6, 6.07) is 0.604. The Morgan fingerprint density at radius 3 is 2.38 bits per heavy atom.